The van der Waals surface area contributed by atoms with Crippen LogP contribution in [0.2, 0.25) is 0 Å². The highest BCUT2D eigenvalue weighted by molar-refractivity contribution is 7.13. The second-order valence-corrected chi connectivity index (χ2v) is 5.96. The molecule has 0 spiro atoms. The van der Waals surface area contributed by atoms with Gasteiger partial charge in [-0.15, -0.1) is 16.4 Å². The van der Waals surface area contributed by atoms with E-state index in [0.29, 0.717) is 0 Å². The first-order valence-corrected chi connectivity index (χ1v) is 8.19. The Morgan fingerprint density at radius 3 is 3.00 bits per heavy atom. The second kappa shape index (κ2) is 6.77. The van der Waals surface area contributed by atoms with Crippen LogP contribution in [0.4, 0.5) is 0 Å². The Hall–Kier alpha value is -2.43. The fourth-order valence-corrected chi connectivity index (χ4v) is 3.25. The number of aryl methyl sites for hydroxylation is 1. The van der Waals surface area contributed by atoms with Crippen LogP contribution in [-0.4, -0.2) is 36.5 Å². The summed E-state index contributed by atoms with van der Waals surface area (Å²) in [7, 11) is 1.93. The number of aliphatic hydroxyl groups is 1. The van der Waals surface area contributed by atoms with Crippen molar-refractivity contribution in [2.24, 2.45) is 7.05 Å². The van der Waals surface area contributed by atoms with Gasteiger partial charge in [-0.05, 0) is 18.6 Å². The molecule has 1 N–H and O–H groups in total. The first kappa shape index (κ1) is 15.5. The molecule has 23 heavy (non-hydrogen) atoms. The quantitative estimate of drug-likeness (QED) is 0.745. The number of aromatic nitrogens is 5. The summed E-state index contributed by atoms with van der Waals surface area (Å²) in [5, 5.41) is 23.5. The molecular formula is C16H17N5OS. The summed E-state index contributed by atoms with van der Waals surface area (Å²) in [6.07, 6.45) is 4.65. The van der Waals surface area contributed by atoms with Gasteiger partial charge in [0, 0.05) is 24.2 Å². The van der Waals surface area contributed by atoms with E-state index in [1.807, 2.05) is 40.1 Å². The van der Waals surface area contributed by atoms with Gasteiger partial charge in [-0.1, -0.05) is 24.0 Å². The predicted molar refractivity (Wildman–Crippen MR) is 88.9 cm³/mol. The summed E-state index contributed by atoms with van der Waals surface area (Å²) in [5.41, 5.74) is 2.81. The molecule has 0 aliphatic carbocycles. The van der Waals surface area contributed by atoms with Crippen LogP contribution in [0.3, 0.4) is 0 Å². The van der Waals surface area contributed by atoms with E-state index in [1.165, 1.54) is 0 Å². The van der Waals surface area contributed by atoms with Crippen molar-refractivity contribution in [3.63, 3.8) is 0 Å². The molecule has 0 saturated carbocycles. The molecule has 3 aromatic rings. The minimum absolute atomic E-state index is 0.109. The zero-order chi connectivity index (χ0) is 16.2. The largest absolute Gasteiger partial charge is 0.384 e. The number of thiophene rings is 1. The molecule has 3 rings (SSSR count). The molecule has 0 unspecified atom stereocenters. The maximum atomic E-state index is 8.75. The van der Waals surface area contributed by atoms with E-state index < -0.39 is 0 Å². The predicted octanol–water partition coefficient (Wildman–Crippen LogP) is 2.08. The summed E-state index contributed by atoms with van der Waals surface area (Å²) in [6, 6.07) is 4.08. The average molecular weight is 327 g/mol. The van der Waals surface area contributed by atoms with Gasteiger partial charge in [-0.25, -0.2) is 4.68 Å². The van der Waals surface area contributed by atoms with Crippen LogP contribution >= 0.6 is 11.3 Å². The van der Waals surface area contributed by atoms with E-state index in [4.69, 9.17) is 5.11 Å². The number of hydrogen-bond donors (Lipinski definition) is 1. The Balaban J connectivity index is 1.88. The lowest BCUT2D eigenvalue weighted by Gasteiger charge is -2.14. The molecule has 3 heterocycles. The molecular weight excluding hydrogens is 310 g/mol. The molecule has 0 fully saturated rings. The van der Waals surface area contributed by atoms with Gasteiger partial charge in [0.05, 0.1) is 22.8 Å². The summed E-state index contributed by atoms with van der Waals surface area (Å²) >= 11 is 1.57. The molecule has 118 valence electrons. The van der Waals surface area contributed by atoms with Gasteiger partial charge in [0.1, 0.15) is 12.3 Å². The average Bonchev–Trinajstić information content (AvgIpc) is 3.27. The third kappa shape index (κ3) is 3.18. The number of hydrogen-bond acceptors (Lipinski definition) is 5. The van der Waals surface area contributed by atoms with Crippen molar-refractivity contribution in [2.75, 3.05) is 6.61 Å². The van der Waals surface area contributed by atoms with Crippen molar-refractivity contribution >= 4 is 11.3 Å². The summed E-state index contributed by atoms with van der Waals surface area (Å²) < 4.78 is 3.74. The van der Waals surface area contributed by atoms with E-state index in [9.17, 15) is 0 Å². The van der Waals surface area contributed by atoms with Crippen molar-refractivity contribution in [3.05, 3.63) is 41.2 Å². The third-order valence-electron chi connectivity index (χ3n) is 3.58. The molecule has 1 atom stereocenters. The fourth-order valence-electron chi connectivity index (χ4n) is 2.46. The van der Waals surface area contributed by atoms with Gasteiger partial charge in [-0.3, -0.25) is 4.68 Å². The fraction of sp³-hybridized carbons (Fsp3) is 0.312. The Kier molecular flexibility index (Phi) is 4.55. The molecule has 0 saturated heterocycles. The zero-order valence-electron chi connectivity index (χ0n) is 13.0. The molecule has 0 aliphatic heterocycles. The van der Waals surface area contributed by atoms with Crippen LogP contribution in [0, 0.1) is 11.8 Å². The lowest BCUT2D eigenvalue weighted by molar-refractivity contribution is 0.350. The highest BCUT2D eigenvalue weighted by Crippen LogP contribution is 2.27. The van der Waals surface area contributed by atoms with Crippen molar-refractivity contribution in [3.8, 4) is 22.4 Å². The summed E-state index contributed by atoms with van der Waals surface area (Å²) in [6.45, 7) is 1.98. The van der Waals surface area contributed by atoms with Gasteiger partial charge >= 0.3 is 0 Å². The van der Waals surface area contributed by atoms with E-state index in [1.54, 1.807) is 17.5 Å². The lowest BCUT2D eigenvalue weighted by atomic mass is 10.1. The van der Waals surface area contributed by atoms with E-state index in [0.717, 1.165) is 28.2 Å². The van der Waals surface area contributed by atoms with Gasteiger partial charge in [0.25, 0.3) is 0 Å². The Labute approximate surface area is 138 Å². The zero-order valence-corrected chi connectivity index (χ0v) is 13.8. The monoisotopic (exact) mass is 327 g/mol. The molecule has 3 aromatic heterocycles. The van der Waals surface area contributed by atoms with Crippen molar-refractivity contribution in [1.82, 2.24) is 24.8 Å². The van der Waals surface area contributed by atoms with Crippen molar-refractivity contribution in [1.29, 1.82) is 0 Å². The van der Waals surface area contributed by atoms with Crippen LogP contribution in [0.25, 0.3) is 10.6 Å². The van der Waals surface area contributed by atoms with Crippen molar-refractivity contribution < 1.29 is 5.11 Å². The highest BCUT2D eigenvalue weighted by atomic mass is 32.1. The SMILES string of the molecule is CC[C@H](c1ccnn1C)n1cc(-c2cc(C#CCO)cs2)nn1. The van der Waals surface area contributed by atoms with E-state index >= 15 is 0 Å². The second-order valence-electron chi connectivity index (χ2n) is 5.05. The van der Waals surface area contributed by atoms with Crippen LogP contribution < -0.4 is 0 Å². The Bertz CT molecular complexity index is 851. The first-order chi connectivity index (χ1) is 11.2. The van der Waals surface area contributed by atoms with Crippen LogP contribution in [0.5, 0.6) is 0 Å². The Morgan fingerprint density at radius 2 is 2.30 bits per heavy atom. The molecule has 0 aliphatic rings. The van der Waals surface area contributed by atoms with Gasteiger partial charge in [0.2, 0.25) is 0 Å². The third-order valence-corrected chi connectivity index (χ3v) is 4.53. The molecule has 0 radical (unpaired) electrons. The van der Waals surface area contributed by atoms with Gasteiger partial charge in [-0.2, -0.15) is 5.10 Å². The topological polar surface area (TPSA) is 68.8 Å². The van der Waals surface area contributed by atoms with Gasteiger partial charge < -0.3 is 5.11 Å². The minimum atomic E-state index is -0.135. The summed E-state index contributed by atoms with van der Waals surface area (Å²) in [4.78, 5) is 1.01. The summed E-state index contributed by atoms with van der Waals surface area (Å²) in [5.74, 6) is 5.55. The normalized spacial score (nSPS) is 12.0. The van der Waals surface area contributed by atoms with Crippen molar-refractivity contribution in [2.45, 2.75) is 19.4 Å². The maximum absolute atomic E-state index is 8.75. The van der Waals surface area contributed by atoms with E-state index in [2.05, 4.69) is 34.2 Å². The van der Waals surface area contributed by atoms with Gasteiger partial charge in [0.15, 0.2) is 0 Å². The minimum Gasteiger partial charge on any atom is -0.384 e. The number of nitrogens with zero attached hydrogens (tertiary/aromatic N) is 5. The molecule has 6 nitrogen and oxygen atoms in total. The lowest BCUT2D eigenvalue weighted by Crippen LogP contribution is -2.14. The van der Waals surface area contributed by atoms with E-state index in [-0.39, 0.29) is 12.6 Å². The molecule has 7 heteroatoms. The number of aliphatic hydroxyl groups excluding tert-OH is 1. The highest BCUT2D eigenvalue weighted by Gasteiger charge is 2.17. The smallest absolute Gasteiger partial charge is 0.123 e. The van der Waals surface area contributed by atoms with Crippen LogP contribution in [0.15, 0.2) is 29.9 Å². The maximum Gasteiger partial charge on any atom is 0.123 e. The first-order valence-electron chi connectivity index (χ1n) is 7.31. The number of rotatable bonds is 4. The molecule has 0 aromatic carbocycles. The van der Waals surface area contributed by atoms with Crippen LogP contribution in [-0.2, 0) is 7.05 Å². The Morgan fingerprint density at radius 1 is 1.43 bits per heavy atom. The van der Waals surface area contributed by atoms with Crippen LogP contribution in [0.1, 0.15) is 30.6 Å². The molecule has 0 bridgehead atoms. The standard InChI is InChI=1S/C16H17N5OS/c1-3-14(15-6-7-17-20(15)2)21-10-13(18-19-21)16-9-12(11-23-16)5-4-8-22/h6-7,9-11,14,22H,3,8H2,1-2H3/t14-/m1/s1. The molecule has 0 amide bonds.